The molecule has 2 aliphatic rings. The van der Waals surface area contributed by atoms with Crippen LogP contribution in [0, 0.1) is 17.3 Å². The number of hydrogen-bond donors (Lipinski definition) is 2. The van der Waals surface area contributed by atoms with Crippen molar-refractivity contribution in [3.8, 4) is 0 Å². The number of amides is 3. The first kappa shape index (κ1) is 29.1. The quantitative estimate of drug-likeness (QED) is 0.329. The molecule has 0 aromatic heterocycles. The lowest BCUT2D eigenvalue weighted by molar-refractivity contribution is -0.182. The van der Waals surface area contributed by atoms with Crippen molar-refractivity contribution in [2.45, 2.75) is 84.4 Å². The van der Waals surface area contributed by atoms with E-state index in [4.69, 9.17) is 4.84 Å². The summed E-state index contributed by atoms with van der Waals surface area (Å²) in [5.41, 5.74) is 0.491. The number of carbonyl (C=O) groups excluding carboxylic acids is 3. The Hall–Kier alpha value is -2.45. The third-order valence-corrected chi connectivity index (χ3v) is 7.82. The molecule has 0 spiro atoms. The minimum Gasteiger partial charge on any atom is -0.344 e. The Morgan fingerprint density at radius 3 is 2.35 bits per heavy atom. The average molecular weight is 515 g/mol. The van der Waals surface area contributed by atoms with E-state index >= 15 is 0 Å². The monoisotopic (exact) mass is 514 g/mol. The molecule has 1 saturated heterocycles. The van der Waals surface area contributed by atoms with Gasteiger partial charge in [0.15, 0.2) is 0 Å². The minimum atomic E-state index is -0.652. The average Bonchev–Trinajstić information content (AvgIpc) is 3.41. The van der Waals surface area contributed by atoms with Gasteiger partial charge < -0.3 is 15.5 Å². The molecule has 206 valence electrons. The molecule has 1 saturated carbocycles. The molecule has 2 N–H and O–H groups in total. The summed E-state index contributed by atoms with van der Waals surface area (Å²) >= 11 is 0. The van der Waals surface area contributed by atoms with Crippen molar-refractivity contribution >= 4 is 18.2 Å². The number of nitrogens with one attached hydrogen (secondary N) is 2. The van der Waals surface area contributed by atoms with Gasteiger partial charge in [-0.1, -0.05) is 76.8 Å². The van der Waals surface area contributed by atoms with Crippen LogP contribution in [-0.2, 0) is 25.8 Å². The summed E-state index contributed by atoms with van der Waals surface area (Å²) in [6.07, 6.45) is 7.67. The third kappa shape index (κ3) is 8.82. The molecule has 2 fully saturated rings. The minimum absolute atomic E-state index is 0.0556. The van der Waals surface area contributed by atoms with Crippen molar-refractivity contribution in [2.75, 3.05) is 26.7 Å². The highest BCUT2D eigenvalue weighted by Gasteiger charge is 2.38. The normalized spacial score (nSPS) is 18.7. The Kier molecular flexibility index (Phi) is 10.9. The highest BCUT2D eigenvalue weighted by molar-refractivity contribution is 5.89. The van der Waals surface area contributed by atoms with Crippen molar-refractivity contribution in [1.29, 1.82) is 0 Å². The van der Waals surface area contributed by atoms with E-state index in [0.717, 1.165) is 44.3 Å². The van der Waals surface area contributed by atoms with Gasteiger partial charge >= 0.3 is 0 Å². The van der Waals surface area contributed by atoms with E-state index in [2.05, 4.69) is 10.6 Å². The Morgan fingerprint density at radius 2 is 1.76 bits per heavy atom. The van der Waals surface area contributed by atoms with Gasteiger partial charge in [0.2, 0.25) is 18.2 Å². The molecule has 0 bridgehead atoms. The maximum absolute atomic E-state index is 13.7. The van der Waals surface area contributed by atoms with Gasteiger partial charge in [0.25, 0.3) is 0 Å². The number of nitrogens with zero attached hydrogens (tertiary/aromatic N) is 2. The second-order valence-electron chi connectivity index (χ2n) is 11.8. The van der Waals surface area contributed by atoms with Crippen LogP contribution in [0.3, 0.4) is 0 Å². The molecule has 37 heavy (non-hydrogen) atoms. The van der Waals surface area contributed by atoms with Gasteiger partial charge in [0, 0.05) is 13.1 Å². The second kappa shape index (κ2) is 13.9. The van der Waals surface area contributed by atoms with E-state index in [-0.39, 0.29) is 31.0 Å². The molecule has 1 aromatic rings. The van der Waals surface area contributed by atoms with Crippen molar-refractivity contribution in [1.82, 2.24) is 20.6 Å². The summed E-state index contributed by atoms with van der Waals surface area (Å²) in [7, 11) is 1.85. The molecule has 8 heteroatoms. The zero-order valence-electron chi connectivity index (χ0n) is 23.1. The van der Waals surface area contributed by atoms with Gasteiger partial charge in [-0.15, -0.1) is 0 Å². The molecular formula is C29H46N4O4. The fourth-order valence-electron chi connectivity index (χ4n) is 5.47. The van der Waals surface area contributed by atoms with Crippen LogP contribution in [-0.4, -0.2) is 67.0 Å². The van der Waals surface area contributed by atoms with Gasteiger partial charge in [-0.05, 0) is 49.2 Å². The fraction of sp³-hybridized carbons (Fsp3) is 0.690. The van der Waals surface area contributed by atoms with Gasteiger partial charge in [-0.25, -0.2) is 5.06 Å². The van der Waals surface area contributed by atoms with E-state index in [9.17, 15) is 14.4 Å². The molecule has 1 aromatic carbocycles. The van der Waals surface area contributed by atoms with Crippen LogP contribution < -0.4 is 10.6 Å². The summed E-state index contributed by atoms with van der Waals surface area (Å²) in [4.78, 5) is 46.8. The van der Waals surface area contributed by atoms with Crippen molar-refractivity contribution in [3.05, 3.63) is 35.9 Å². The third-order valence-electron chi connectivity index (χ3n) is 7.82. The zero-order chi connectivity index (χ0) is 26.8. The van der Waals surface area contributed by atoms with Crippen molar-refractivity contribution in [2.24, 2.45) is 17.3 Å². The molecule has 1 aliphatic carbocycles. The molecular weight excluding hydrogens is 468 g/mol. The standard InChI is InChI=1S/C29H46N4O4/c1-29(2,3)26(28(36)32(4)25-14-16-30-17-15-25)31-27(35)24(18-22-10-8-9-11-22)19-33(21-34)37-20-23-12-6-5-7-13-23/h5-7,12-13,21-22,24-26,30H,8-11,14-20H2,1-4H3,(H,31,35). The Bertz CT molecular complexity index is 860. The highest BCUT2D eigenvalue weighted by Crippen LogP contribution is 2.31. The predicted octanol–water partition coefficient (Wildman–Crippen LogP) is 3.51. The first-order valence-electron chi connectivity index (χ1n) is 13.9. The Balaban J connectivity index is 1.71. The number of rotatable bonds is 12. The van der Waals surface area contributed by atoms with Gasteiger partial charge in [0.05, 0.1) is 12.5 Å². The summed E-state index contributed by atoms with van der Waals surface area (Å²) in [5, 5.41) is 7.69. The van der Waals surface area contributed by atoms with Gasteiger partial charge in [-0.2, -0.15) is 0 Å². The number of hydroxylamine groups is 2. The number of likely N-dealkylation sites (N-methyl/N-ethyl adjacent to an activating group) is 1. The Labute approximate surface area is 222 Å². The molecule has 8 nitrogen and oxygen atoms in total. The summed E-state index contributed by atoms with van der Waals surface area (Å²) in [5.74, 6) is -0.250. The van der Waals surface area contributed by atoms with Crippen LogP contribution in [0.15, 0.2) is 30.3 Å². The second-order valence-corrected chi connectivity index (χ2v) is 11.8. The number of benzene rings is 1. The summed E-state index contributed by atoms with van der Waals surface area (Å²) in [6.45, 7) is 8.15. The topological polar surface area (TPSA) is 91.0 Å². The number of carbonyl (C=O) groups is 3. The van der Waals surface area contributed by atoms with Crippen LogP contribution in [0.5, 0.6) is 0 Å². The van der Waals surface area contributed by atoms with Gasteiger partial charge in [0.1, 0.15) is 12.6 Å². The first-order valence-corrected chi connectivity index (χ1v) is 13.9. The lowest BCUT2D eigenvalue weighted by atomic mass is 9.84. The predicted molar refractivity (Wildman–Crippen MR) is 144 cm³/mol. The molecule has 2 atom stereocenters. The van der Waals surface area contributed by atoms with Crippen LogP contribution in [0.1, 0.15) is 71.3 Å². The molecule has 1 aliphatic heterocycles. The molecule has 1 heterocycles. The summed E-state index contributed by atoms with van der Waals surface area (Å²) in [6, 6.07) is 9.16. The lowest BCUT2D eigenvalue weighted by Gasteiger charge is -2.39. The summed E-state index contributed by atoms with van der Waals surface area (Å²) < 4.78 is 0. The first-order chi connectivity index (χ1) is 17.7. The van der Waals surface area contributed by atoms with Crippen LogP contribution in [0.25, 0.3) is 0 Å². The van der Waals surface area contributed by atoms with E-state index in [1.165, 1.54) is 17.9 Å². The van der Waals surface area contributed by atoms with Crippen LogP contribution >= 0.6 is 0 Å². The van der Waals surface area contributed by atoms with Crippen molar-refractivity contribution in [3.63, 3.8) is 0 Å². The number of hydrogen-bond acceptors (Lipinski definition) is 5. The van der Waals surface area contributed by atoms with Gasteiger partial charge in [-0.3, -0.25) is 19.2 Å². The lowest BCUT2D eigenvalue weighted by Crippen LogP contribution is -2.58. The van der Waals surface area contributed by atoms with E-state index < -0.39 is 17.4 Å². The fourth-order valence-corrected chi connectivity index (χ4v) is 5.47. The Morgan fingerprint density at radius 1 is 1.11 bits per heavy atom. The van der Waals surface area contributed by atoms with E-state index in [1.54, 1.807) is 0 Å². The maximum Gasteiger partial charge on any atom is 0.245 e. The molecule has 3 amide bonds. The molecule has 2 unspecified atom stereocenters. The SMILES string of the molecule is CN(C(=O)C(NC(=O)C(CC1CCCC1)CN(C=O)OCc1ccccc1)C(C)(C)C)C1CCNCC1. The van der Waals surface area contributed by atoms with Crippen molar-refractivity contribution < 1.29 is 19.2 Å². The molecule has 3 rings (SSSR count). The molecule has 0 radical (unpaired) electrons. The number of piperidine rings is 1. The zero-order valence-corrected chi connectivity index (χ0v) is 23.1. The van der Waals surface area contributed by atoms with Crippen LogP contribution in [0.2, 0.25) is 0 Å². The van der Waals surface area contributed by atoms with Crippen LogP contribution in [0.4, 0.5) is 0 Å². The maximum atomic E-state index is 13.7. The van der Waals surface area contributed by atoms with E-state index in [0.29, 0.717) is 18.7 Å². The highest BCUT2D eigenvalue weighted by atomic mass is 16.7. The van der Waals surface area contributed by atoms with E-state index in [1.807, 2.05) is 63.1 Å². The smallest absolute Gasteiger partial charge is 0.245 e. The largest absolute Gasteiger partial charge is 0.344 e.